The Morgan fingerprint density at radius 3 is 2.62 bits per heavy atom. The number of aryl methyl sites for hydroxylation is 1. The highest BCUT2D eigenvalue weighted by molar-refractivity contribution is 5.91. The molecule has 0 saturated carbocycles. The monoisotopic (exact) mass is 276 g/mol. The van der Waals surface area contributed by atoms with Gasteiger partial charge in [-0.25, -0.2) is 0 Å². The Morgan fingerprint density at radius 2 is 1.81 bits per heavy atom. The molecule has 3 aromatic rings. The number of fused-ring (bicyclic) bond motifs is 1. The van der Waals surface area contributed by atoms with Gasteiger partial charge >= 0.3 is 0 Å². The number of nitrogens with zero attached hydrogens (tertiary/aromatic N) is 2. The van der Waals surface area contributed by atoms with Crippen LogP contribution in [0.4, 0.5) is 0 Å². The van der Waals surface area contributed by atoms with E-state index in [2.05, 4.69) is 10.2 Å². The molecule has 0 spiro atoms. The number of carbonyl (C=O) groups excluding carboxylic acids is 1. The summed E-state index contributed by atoms with van der Waals surface area (Å²) in [7, 11) is 0. The van der Waals surface area contributed by atoms with Crippen LogP contribution in [-0.4, -0.2) is 16.0 Å². The molecule has 0 fully saturated rings. The van der Waals surface area contributed by atoms with Crippen LogP contribution >= 0.6 is 0 Å². The Bertz CT molecular complexity index is 776. The molecule has 0 aliphatic heterocycles. The highest BCUT2D eigenvalue weighted by Crippen LogP contribution is 2.20. The van der Waals surface area contributed by atoms with E-state index in [0.717, 1.165) is 27.6 Å². The van der Waals surface area contributed by atoms with Crippen LogP contribution in [0.2, 0.25) is 0 Å². The number of benzene rings is 2. The zero-order chi connectivity index (χ0) is 14.7. The van der Waals surface area contributed by atoms with Crippen LogP contribution in [0, 0.1) is 6.92 Å². The standard InChI is InChI=1S/C18H16N2O/c1-13-6-5-9-15-12-19-20-17(18(13)15)11-16(21)10-14-7-3-2-4-8-14/h2-9,12H,10-11H2,1H3. The normalized spacial score (nSPS) is 10.7. The van der Waals surface area contributed by atoms with E-state index in [4.69, 9.17) is 0 Å². The highest BCUT2D eigenvalue weighted by atomic mass is 16.1. The summed E-state index contributed by atoms with van der Waals surface area (Å²) in [6, 6.07) is 15.8. The summed E-state index contributed by atoms with van der Waals surface area (Å²) in [5, 5.41) is 10.3. The van der Waals surface area contributed by atoms with Gasteiger partial charge in [-0.1, -0.05) is 48.5 Å². The molecule has 104 valence electrons. The van der Waals surface area contributed by atoms with Crippen molar-refractivity contribution in [3.8, 4) is 0 Å². The molecular formula is C18H16N2O. The van der Waals surface area contributed by atoms with E-state index >= 15 is 0 Å². The lowest BCUT2D eigenvalue weighted by Gasteiger charge is -2.07. The van der Waals surface area contributed by atoms with Crippen molar-refractivity contribution in [1.29, 1.82) is 0 Å². The van der Waals surface area contributed by atoms with E-state index in [1.165, 1.54) is 0 Å². The van der Waals surface area contributed by atoms with Crippen LogP contribution in [-0.2, 0) is 17.6 Å². The van der Waals surface area contributed by atoms with Crippen LogP contribution in [0.25, 0.3) is 10.8 Å². The van der Waals surface area contributed by atoms with Gasteiger partial charge in [0.25, 0.3) is 0 Å². The van der Waals surface area contributed by atoms with Gasteiger partial charge in [-0.2, -0.15) is 10.2 Å². The molecule has 1 aromatic heterocycles. The lowest BCUT2D eigenvalue weighted by atomic mass is 10.0. The predicted octanol–water partition coefficient (Wildman–Crippen LogP) is 3.29. The molecule has 3 heteroatoms. The van der Waals surface area contributed by atoms with Gasteiger partial charge in [0.15, 0.2) is 0 Å². The van der Waals surface area contributed by atoms with Crippen molar-refractivity contribution in [3.05, 3.63) is 71.5 Å². The van der Waals surface area contributed by atoms with Crippen molar-refractivity contribution < 1.29 is 4.79 Å². The number of rotatable bonds is 4. The van der Waals surface area contributed by atoms with E-state index in [1.54, 1.807) is 6.20 Å². The van der Waals surface area contributed by atoms with Crippen LogP contribution in [0.1, 0.15) is 16.8 Å². The minimum Gasteiger partial charge on any atom is -0.299 e. The van der Waals surface area contributed by atoms with Crippen LogP contribution in [0.5, 0.6) is 0 Å². The molecular weight excluding hydrogens is 260 g/mol. The maximum atomic E-state index is 12.3. The Kier molecular flexibility index (Phi) is 3.73. The molecule has 0 N–H and O–H groups in total. The fraction of sp³-hybridized carbons (Fsp3) is 0.167. The summed E-state index contributed by atoms with van der Waals surface area (Å²) in [6.07, 6.45) is 2.50. The second-order valence-electron chi connectivity index (χ2n) is 5.21. The Labute approximate surface area is 123 Å². The summed E-state index contributed by atoms with van der Waals surface area (Å²) in [4.78, 5) is 12.3. The first-order chi connectivity index (χ1) is 10.2. The van der Waals surface area contributed by atoms with E-state index in [-0.39, 0.29) is 5.78 Å². The van der Waals surface area contributed by atoms with E-state index in [0.29, 0.717) is 12.8 Å². The maximum Gasteiger partial charge on any atom is 0.143 e. The van der Waals surface area contributed by atoms with E-state index < -0.39 is 0 Å². The van der Waals surface area contributed by atoms with Crippen molar-refractivity contribution in [1.82, 2.24) is 10.2 Å². The van der Waals surface area contributed by atoms with Gasteiger partial charge in [0, 0.05) is 17.2 Å². The first-order valence-corrected chi connectivity index (χ1v) is 6.99. The van der Waals surface area contributed by atoms with Crippen molar-refractivity contribution in [2.24, 2.45) is 0 Å². The molecule has 0 amide bonds. The SMILES string of the molecule is Cc1cccc2cnnc(CC(=O)Cc3ccccc3)c12. The van der Waals surface area contributed by atoms with Gasteiger partial charge in [0.05, 0.1) is 18.3 Å². The first-order valence-electron chi connectivity index (χ1n) is 6.99. The molecule has 3 rings (SSSR count). The number of aromatic nitrogens is 2. The molecule has 3 nitrogen and oxygen atoms in total. The third kappa shape index (κ3) is 2.97. The fourth-order valence-corrected chi connectivity index (χ4v) is 2.60. The van der Waals surface area contributed by atoms with Crippen LogP contribution < -0.4 is 0 Å². The lowest BCUT2D eigenvalue weighted by Crippen LogP contribution is -2.09. The maximum absolute atomic E-state index is 12.3. The van der Waals surface area contributed by atoms with Gasteiger partial charge in [-0.05, 0) is 18.1 Å². The fourth-order valence-electron chi connectivity index (χ4n) is 2.60. The average Bonchev–Trinajstić information content (AvgIpc) is 2.48. The second-order valence-corrected chi connectivity index (χ2v) is 5.21. The first kappa shape index (κ1) is 13.4. The molecule has 0 aliphatic carbocycles. The summed E-state index contributed by atoms with van der Waals surface area (Å²) in [6.45, 7) is 2.04. The Balaban J connectivity index is 1.87. The average molecular weight is 276 g/mol. The topological polar surface area (TPSA) is 42.9 Å². The molecule has 0 unspecified atom stereocenters. The molecule has 0 saturated heterocycles. The smallest absolute Gasteiger partial charge is 0.143 e. The second kappa shape index (κ2) is 5.83. The van der Waals surface area contributed by atoms with Gasteiger partial charge in [-0.15, -0.1) is 0 Å². The molecule has 1 heterocycles. The molecule has 0 atom stereocenters. The molecule has 0 radical (unpaired) electrons. The number of hydrogen-bond acceptors (Lipinski definition) is 3. The lowest BCUT2D eigenvalue weighted by molar-refractivity contribution is -0.117. The molecule has 21 heavy (non-hydrogen) atoms. The number of hydrogen-bond donors (Lipinski definition) is 0. The zero-order valence-corrected chi connectivity index (χ0v) is 11.9. The van der Waals surface area contributed by atoms with E-state index in [1.807, 2.05) is 55.5 Å². The van der Waals surface area contributed by atoms with Gasteiger partial charge < -0.3 is 0 Å². The van der Waals surface area contributed by atoms with Gasteiger partial charge in [-0.3, -0.25) is 4.79 Å². The Morgan fingerprint density at radius 1 is 1.00 bits per heavy atom. The minimum atomic E-state index is 0.159. The highest BCUT2D eigenvalue weighted by Gasteiger charge is 2.11. The predicted molar refractivity (Wildman–Crippen MR) is 83.1 cm³/mol. The Hall–Kier alpha value is -2.55. The van der Waals surface area contributed by atoms with E-state index in [9.17, 15) is 4.79 Å². The summed E-state index contributed by atoms with van der Waals surface area (Å²) in [5.74, 6) is 0.159. The van der Waals surface area contributed by atoms with Crippen molar-refractivity contribution in [2.45, 2.75) is 19.8 Å². The third-order valence-electron chi connectivity index (χ3n) is 3.58. The van der Waals surface area contributed by atoms with Crippen molar-refractivity contribution in [2.75, 3.05) is 0 Å². The number of Topliss-reactive ketones (excluding diaryl/α,β-unsaturated/α-hetero) is 1. The van der Waals surface area contributed by atoms with Crippen molar-refractivity contribution >= 4 is 16.6 Å². The third-order valence-corrected chi connectivity index (χ3v) is 3.58. The number of carbonyl (C=O) groups is 1. The largest absolute Gasteiger partial charge is 0.299 e. The number of ketones is 1. The molecule has 0 aliphatic rings. The van der Waals surface area contributed by atoms with Crippen LogP contribution in [0.3, 0.4) is 0 Å². The zero-order valence-electron chi connectivity index (χ0n) is 11.9. The summed E-state index contributed by atoms with van der Waals surface area (Å²) < 4.78 is 0. The summed E-state index contributed by atoms with van der Waals surface area (Å²) >= 11 is 0. The van der Waals surface area contributed by atoms with Crippen LogP contribution in [0.15, 0.2) is 54.7 Å². The minimum absolute atomic E-state index is 0.159. The van der Waals surface area contributed by atoms with Gasteiger partial charge in [0.2, 0.25) is 0 Å². The summed E-state index contributed by atoms with van der Waals surface area (Å²) in [5.41, 5.74) is 2.93. The van der Waals surface area contributed by atoms with Gasteiger partial charge in [0.1, 0.15) is 5.78 Å². The molecule has 2 aromatic carbocycles. The molecule has 0 bridgehead atoms. The quantitative estimate of drug-likeness (QED) is 0.734. The van der Waals surface area contributed by atoms with Crippen molar-refractivity contribution in [3.63, 3.8) is 0 Å².